The molecule has 0 atom stereocenters. The van der Waals surface area contributed by atoms with Crippen LogP contribution in [0.25, 0.3) is 0 Å². The van der Waals surface area contributed by atoms with Crippen LogP contribution in [0.5, 0.6) is 0 Å². The van der Waals surface area contributed by atoms with Gasteiger partial charge < -0.3 is 10.4 Å². The number of carboxylic acid groups (broad SMARTS) is 1. The summed E-state index contributed by atoms with van der Waals surface area (Å²) in [4.78, 5) is 21.6. The van der Waals surface area contributed by atoms with Crippen molar-refractivity contribution in [2.24, 2.45) is 0 Å². The molecule has 0 saturated heterocycles. The van der Waals surface area contributed by atoms with Crippen LogP contribution in [0.1, 0.15) is 15.9 Å². The number of halogens is 1. The molecular formula is C14H11ClN2O4. The van der Waals surface area contributed by atoms with E-state index >= 15 is 0 Å². The van der Waals surface area contributed by atoms with Gasteiger partial charge in [0.15, 0.2) is 0 Å². The van der Waals surface area contributed by atoms with Crippen LogP contribution in [0.15, 0.2) is 36.4 Å². The van der Waals surface area contributed by atoms with Gasteiger partial charge in [-0.1, -0.05) is 23.7 Å². The van der Waals surface area contributed by atoms with Crippen molar-refractivity contribution in [1.82, 2.24) is 0 Å². The summed E-state index contributed by atoms with van der Waals surface area (Å²) in [5.41, 5.74) is 0.757. The Bertz CT molecular complexity index is 699. The lowest BCUT2D eigenvalue weighted by Gasteiger charge is -2.11. The van der Waals surface area contributed by atoms with Crippen LogP contribution >= 0.6 is 11.6 Å². The van der Waals surface area contributed by atoms with Crippen LogP contribution in [0.2, 0.25) is 5.02 Å². The number of nitro benzene ring substituents is 1. The van der Waals surface area contributed by atoms with E-state index in [9.17, 15) is 14.9 Å². The van der Waals surface area contributed by atoms with E-state index in [0.717, 1.165) is 5.56 Å². The van der Waals surface area contributed by atoms with Crippen molar-refractivity contribution in [3.63, 3.8) is 0 Å². The number of hydrogen-bond donors (Lipinski definition) is 2. The maximum Gasteiger partial charge on any atom is 0.338 e. The number of nitro groups is 1. The highest BCUT2D eigenvalue weighted by atomic mass is 35.5. The maximum atomic E-state index is 11.2. The molecule has 21 heavy (non-hydrogen) atoms. The molecule has 0 heterocycles. The molecule has 2 rings (SSSR count). The average Bonchev–Trinajstić information content (AvgIpc) is 2.42. The van der Waals surface area contributed by atoms with E-state index in [1.807, 2.05) is 6.92 Å². The summed E-state index contributed by atoms with van der Waals surface area (Å²) in [7, 11) is 0. The summed E-state index contributed by atoms with van der Waals surface area (Å²) in [6, 6.07) is 8.86. The Balaban J connectivity index is 2.53. The first-order valence-corrected chi connectivity index (χ1v) is 6.32. The Morgan fingerprint density at radius 1 is 1.33 bits per heavy atom. The Morgan fingerprint density at radius 3 is 2.62 bits per heavy atom. The zero-order valence-corrected chi connectivity index (χ0v) is 11.7. The Morgan fingerprint density at radius 2 is 2.05 bits per heavy atom. The van der Waals surface area contributed by atoms with Gasteiger partial charge in [-0.3, -0.25) is 10.1 Å². The second-order valence-electron chi connectivity index (χ2n) is 4.35. The van der Waals surface area contributed by atoms with Crippen LogP contribution in [0.3, 0.4) is 0 Å². The van der Waals surface area contributed by atoms with E-state index in [2.05, 4.69) is 5.32 Å². The van der Waals surface area contributed by atoms with Crippen LogP contribution in [0.4, 0.5) is 17.1 Å². The number of para-hydroxylation sites is 1. The Kier molecular flexibility index (Phi) is 4.09. The topological polar surface area (TPSA) is 92.5 Å². The van der Waals surface area contributed by atoms with E-state index in [1.54, 1.807) is 18.2 Å². The Hall–Kier alpha value is -2.60. The molecule has 7 heteroatoms. The smallest absolute Gasteiger partial charge is 0.338 e. The standard InChI is InChI=1S/C14H11ClN2O4/c1-8-5-6-9(7-11(8)15)16-13-10(14(18)19)3-2-4-12(13)17(20)21/h2-7,16H,1H3,(H,18,19). The number of hydrogen-bond acceptors (Lipinski definition) is 4. The molecule has 2 N–H and O–H groups in total. The molecule has 0 unspecified atom stereocenters. The lowest BCUT2D eigenvalue weighted by molar-refractivity contribution is -0.383. The molecule has 2 aromatic rings. The zero-order chi connectivity index (χ0) is 15.6. The van der Waals surface area contributed by atoms with Crippen molar-refractivity contribution in [3.8, 4) is 0 Å². The normalized spacial score (nSPS) is 10.2. The fourth-order valence-corrected chi connectivity index (χ4v) is 2.00. The van der Waals surface area contributed by atoms with E-state index in [0.29, 0.717) is 10.7 Å². The molecule has 0 saturated carbocycles. The molecule has 0 fully saturated rings. The van der Waals surface area contributed by atoms with Gasteiger partial charge in [0.25, 0.3) is 5.69 Å². The van der Waals surface area contributed by atoms with E-state index in [4.69, 9.17) is 16.7 Å². The van der Waals surface area contributed by atoms with E-state index in [-0.39, 0.29) is 16.9 Å². The van der Waals surface area contributed by atoms with Gasteiger partial charge in [-0.05, 0) is 30.7 Å². The minimum absolute atomic E-state index is 0.0741. The highest BCUT2D eigenvalue weighted by Crippen LogP contribution is 2.32. The molecule has 0 radical (unpaired) electrons. The van der Waals surface area contributed by atoms with E-state index < -0.39 is 10.9 Å². The molecule has 2 aromatic carbocycles. The first kappa shape index (κ1) is 14.8. The van der Waals surface area contributed by atoms with Crippen LogP contribution in [0, 0.1) is 17.0 Å². The Labute approximate surface area is 125 Å². The highest BCUT2D eigenvalue weighted by molar-refractivity contribution is 6.31. The molecule has 0 aromatic heterocycles. The maximum absolute atomic E-state index is 11.2. The number of anilines is 2. The molecule has 108 valence electrons. The number of carbonyl (C=O) groups is 1. The number of benzene rings is 2. The molecule has 0 aliphatic heterocycles. The van der Waals surface area contributed by atoms with Crippen molar-refractivity contribution in [2.75, 3.05) is 5.32 Å². The van der Waals surface area contributed by atoms with Crippen molar-refractivity contribution in [3.05, 3.63) is 62.7 Å². The lowest BCUT2D eigenvalue weighted by Crippen LogP contribution is -2.05. The van der Waals surface area contributed by atoms with Crippen LogP contribution in [-0.2, 0) is 0 Å². The second kappa shape index (κ2) is 5.80. The first-order valence-electron chi connectivity index (χ1n) is 5.94. The number of nitrogens with one attached hydrogen (secondary N) is 1. The summed E-state index contributed by atoms with van der Waals surface area (Å²) in [6.07, 6.45) is 0. The first-order chi connectivity index (χ1) is 9.90. The minimum atomic E-state index is -1.25. The predicted molar refractivity (Wildman–Crippen MR) is 79.5 cm³/mol. The van der Waals surface area contributed by atoms with Crippen molar-refractivity contribution in [2.45, 2.75) is 6.92 Å². The van der Waals surface area contributed by atoms with Gasteiger partial charge >= 0.3 is 5.97 Å². The third kappa shape index (κ3) is 3.11. The largest absolute Gasteiger partial charge is 0.478 e. The van der Waals surface area contributed by atoms with Crippen molar-refractivity contribution in [1.29, 1.82) is 0 Å². The summed E-state index contributed by atoms with van der Waals surface area (Å²) in [5, 5.41) is 23.5. The monoisotopic (exact) mass is 306 g/mol. The molecule has 0 spiro atoms. The lowest BCUT2D eigenvalue weighted by atomic mass is 10.1. The number of rotatable bonds is 4. The van der Waals surface area contributed by atoms with Gasteiger partial charge in [0.2, 0.25) is 0 Å². The summed E-state index contributed by atoms with van der Waals surface area (Å²) in [5.74, 6) is -1.25. The number of aromatic carboxylic acids is 1. The fraction of sp³-hybridized carbons (Fsp3) is 0.0714. The van der Waals surface area contributed by atoms with Gasteiger partial charge in [0.1, 0.15) is 5.69 Å². The summed E-state index contributed by atoms with van der Waals surface area (Å²) >= 11 is 5.99. The SMILES string of the molecule is Cc1ccc(Nc2c(C(=O)O)cccc2[N+](=O)[O-])cc1Cl. The molecule has 0 amide bonds. The number of carboxylic acids is 1. The second-order valence-corrected chi connectivity index (χ2v) is 4.76. The molecule has 6 nitrogen and oxygen atoms in total. The number of aryl methyl sites for hydroxylation is 1. The predicted octanol–water partition coefficient (Wildman–Crippen LogP) is 4.00. The third-order valence-corrected chi connectivity index (χ3v) is 3.32. The summed E-state index contributed by atoms with van der Waals surface area (Å²) < 4.78 is 0. The summed E-state index contributed by atoms with van der Waals surface area (Å²) in [6.45, 7) is 1.82. The number of nitrogens with zero attached hydrogens (tertiary/aromatic N) is 1. The van der Waals surface area contributed by atoms with Gasteiger partial charge in [0, 0.05) is 16.8 Å². The fourth-order valence-electron chi connectivity index (χ4n) is 1.82. The average molecular weight is 307 g/mol. The van der Waals surface area contributed by atoms with Crippen molar-refractivity contribution >= 4 is 34.6 Å². The van der Waals surface area contributed by atoms with Gasteiger partial charge in [0.05, 0.1) is 10.5 Å². The quantitative estimate of drug-likeness (QED) is 0.658. The van der Waals surface area contributed by atoms with Crippen LogP contribution < -0.4 is 5.32 Å². The highest BCUT2D eigenvalue weighted by Gasteiger charge is 2.21. The third-order valence-electron chi connectivity index (χ3n) is 2.91. The van der Waals surface area contributed by atoms with E-state index in [1.165, 1.54) is 18.2 Å². The van der Waals surface area contributed by atoms with Gasteiger partial charge in [-0.25, -0.2) is 4.79 Å². The van der Waals surface area contributed by atoms with Crippen molar-refractivity contribution < 1.29 is 14.8 Å². The zero-order valence-electron chi connectivity index (χ0n) is 11.0. The van der Waals surface area contributed by atoms with Gasteiger partial charge in [-0.15, -0.1) is 0 Å². The van der Waals surface area contributed by atoms with Crippen LogP contribution in [-0.4, -0.2) is 16.0 Å². The minimum Gasteiger partial charge on any atom is -0.478 e. The molecule has 0 bridgehead atoms. The molecular weight excluding hydrogens is 296 g/mol. The molecule has 0 aliphatic rings. The molecule has 0 aliphatic carbocycles. The van der Waals surface area contributed by atoms with Gasteiger partial charge in [-0.2, -0.15) is 0 Å².